The van der Waals surface area contributed by atoms with E-state index in [1.807, 2.05) is 20.0 Å². The van der Waals surface area contributed by atoms with E-state index in [1.165, 1.54) is 11.3 Å². The lowest BCUT2D eigenvalue weighted by Gasteiger charge is -2.32. The Balaban J connectivity index is 1.53. The Morgan fingerprint density at radius 3 is 2.62 bits per heavy atom. The molecule has 2 aromatic heterocycles. The van der Waals surface area contributed by atoms with E-state index in [0.717, 1.165) is 31.6 Å². The van der Waals surface area contributed by atoms with Crippen molar-refractivity contribution in [3.8, 4) is 0 Å². The number of hydrogen-bond donors (Lipinski definition) is 1. The lowest BCUT2D eigenvalue weighted by molar-refractivity contribution is 0.257. The summed E-state index contributed by atoms with van der Waals surface area (Å²) in [5.41, 5.74) is 3.83. The molecule has 8 nitrogen and oxygen atoms in total. The first-order valence-corrected chi connectivity index (χ1v) is 10.7. The fourth-order valence-electron chi connectivity index (χ4n) is 4.21. The van der Waals surface area contributed by atoms with E-state index in [2.05, 4.69) is 20.2 Å². The SMILES string of the molecule is CCn1nc(C)c(S(=O)(=O)N2CCC(n3ncc4c3CNC4)CC2)c1C. The molecule has 26 heavy (non-hydrogen) atoms. The van der Waals surface area contributed by atoms with Gasteiger partial charge < -0.3 is 5.32 Å². The van der Waals surface area contributed by atoms with E-state index in [-0.39, 0.29) is 6.04 Å². The number of rotatable bonds is 4. The maximum Gasteiger partial charge on any atom is 0.246 e. The highest BCUT2D eigenvalue weighted by molar-refractivity contribution is 7.89. The minimum atomic E-state index is -3.51. The van der Waals surface area contributed by atoms with Crippen LogP contribution in [0.25, 0.3) is 0 Å². The average molecular weight is 379 g/mol. The molecule has 0 bridgehead atoms. The van der Waals surface area contributed by atoms with E-state index in [4.69, 9.17) is 0 Å². The molecule has 0 atom stereocenters. The Kier molecular flexibility index (Phi) is 4.40. The van der Waals surface area contributed by atoms with Crippen LogP contribution < -0.4 is 5.32 Å². The van der Waals surface area contributed by atoms with Gasteiger partial charge in [0, 0.05) is 38.3 Å². The van der Waals surface area contributed by atoms with Crippen LogP contribution in [0, 0.1) is 13.8 Å². The molecule has 0 aromatic carbocycles. The second-order valence-corrected chi connectivity index (χ2v) is 8.99. The molecule has 0 amide bonds. The Labute approximate surface area is 154 Å². The molecule has 142 valence electrons. The largest absolute Gasteiger partial charge is 0.307 e. The summed E-state index contributed by atoms with van der Waals surface area (Å²) in [6, 6.07) is 0.269. The van der Waals surface area contributed by atoms with Crippen molar-refractivity contribution in [2.24, 2.45) is 0 Å². The summed E-state index contributed by atoms with van der Waals surface area (Å²) in [5, 5.41) is 12.3. The van der Waals surface area contributed by atoms with Gasteiger partial charge in [-0.05, 0) is 33.6 Å². The van der Waals surface area contributed by atoms with Crippen molar-refractivity contribution in [2.45, 2.75) is 64.2 Å². The molecule has 1 N–H and O–H groups in total. The van der Waals surface area contributed by atoms with Gasteiger partial charge in [-0.25, -0.2) is 8.42 Å². The summed E-state index contributed by atoms with van der Waals surface area (Å²) in [5.74, 6) is 0. The maximum absolute atomic E-state index is 13.2. The Hall–Kier alpha value is -1.71. The lowest BCUT2D eigenvalue weighted by atomic mass is 10.1. The van der Waals surface area contributed by atoms with Crippen LogP contribution in [0.5, 0.6) is 0 Å². The van der Waals surface area contributed by atoms with Crippen molar-refractivity contribution in [1.29, 1.82) is 0 Å². The van der Waals surface area contributed by atoms with E-state index in [9.17, 15) is 8.42 Å². The lowest BCUT2D eigenvalue weighted by Crippen LogP contribution is -2.39. The molecule has 2 aliphatic heterocycles. The van der Waals surface area contributed by atoms with Crippen LogP contribution in [-0.4, -0.2) is 45.4 Å². The Bertz CT molecular complexity index is 921. The zero-order valence-corrected chi connectivity index (χ0v) is 16.4. The van der Waals surface area contributed by atoms with Gasteiger partial charge in [-0.15, -0.1) is 0 Å². The molecular weight excluding hydrogens is 352 g/mol. The molecule has 0 radical (unpaired) electrons. The second kappa shape index (κ2) is 6.47. The van der Waals surface area contributed by atoms with Gasteiger partial charge in [-0.2, -0.15) is 14.5 Å². The van der Waals surface area contributed by atoms with Crippen molar-refractivity contribution in [3.63, 3.8) is 0 Å². The maximum atomic E-state index is 13.2. The van der Waals surface area contributed by atoms with Gasteiger partial charge in [0.2, 0.25) is 10.0 Å². The van der Waals surface area contributed by atoms with Crippen LogP contribution in [0.3, 0.4) is 0 Å². The first-order valence-electron chi connectivity index (χ1n) is 9.23. The Morgan fingerprint density at radius 1 is 1.23 bits per heavy atom. The predicted molar refractivity (Wildman–Crippen MR) is 97.2 cm³/mol. The third-order valence-electron chi connectivity index (χ3n) is 5.57. The number of nitrogens with one attached hydrogen (secondary N) is 1. The monoisotopic (exact) mass is 378 g/mol. The van der Waals surface area contributed by atoms with Crippen LogP contribution in [0.15, 0.2) is 11.1 Å². The predicted octanol–water partition coefficient (Wildman–Crippen LogP) is 1.35. The number of fused-ring (bicyclic) bond motifs is 1. The molecule has 4 rings (SSSR count). The van der Waals surface area contributed by atoms with Crippen molar-refractivity contribution in [3.05, 3.63) is 28.8 Å². The number of sulfonamides is 1. The summed E-state index contributed by atoms with van der Waals surface area (Å²) in [6.45, 7) is 9.02. The molecule has 4 heterocycles. The number of aryl methyl sites for hydroxylation is 2. The number of hydrogen-bond acceptors (Lipinski definition) is 5. The topological polar surface area (TPSA) is 85.1 Å². The van der Waals surface area contributed by atoms with Crippen LogP contribution in [0.1, 0.15) is 48.5 Å². The summed E-state index contributed by atoms with van der Waals surface area (Å²) in [7, 11) is -3.51. The molecule has 0 spiro atoms. The van der Waals surface area contributed by atoms with Crippen LogP contribution in [0.4, 0.5) is 0 Å². The van der Waals surface area contributed by atoms with Gasteiger partial charge in [-0.1, -0.05) is 0 Å². The van der Waals surface area contributed by atoms with E-state index < -0.39 is 10.0 Å². The molecule has 1 fully saturated rings. The quantitative estimate of drug-likeness (QED) is 0.868. The van der Waals surface area contributed by atoms with Crippen molar-refractivity contribution in [1.82, 2.24) is 29.2 Å². The average Bonchev–Trinajstić information content (AvgIpc) is 3.29. The smallest absolute Gasteiger partial charge is 0.246 e. The molecule has 0 aliphatic carbocycles. The van der Waals surface area contributed by atoms with Gasteiger partial charge in [-0.3, -0.25) is 9.36 Å². The zero-order valence-electron chi connectivity index (χ0n) is 15.6. The van der Waals surface area contributed by atoms with E-state index >= 15 is 0 Å². The summed E-state index contributed by atoms with van der Waals surface area (Å²) >= 11 is 0. The molecule has 9 heteroatoms. The minimum absolute atomic E-state index is 0.269. The molecule has 2 aliphatic rings. The normalized spacial score (nSPS) is 19.2. The number of aromatic nitrogens is 4. The summed E-state index contributed by atoms with van der Waals surface area (Å²) < 4.78 is 31.8. The molecule has 2 aromatic rings. The van der Waals surface area contributed by atoms with Crippen molar-refractivity contribution in [2.75, 3.05) is 13.1 Å². The van der Waals surface area contributed by atoms with Gasteiger partial charge in [0.05, 0.1) is 29.3 Å². The van der Waals surface area contributed by atoms with Gasteiger partial charge >= 0.3 is 0 Å². The highest BCUT2D eigenvalue weighted by atomic mass is 32.2. The van der Waals surface area contributed by atoms with Crippen molar-refractivity contribution >= 4 is 10.0 Å². The first-order chi connectivity index (χ1) is 12.4. The van der Waals surface area contributed by atoms with Crippen LogP contribution >= 0.6 is 0 Å². The van der Waals surface area contributed by atoms with Crippen LogP contribution in [-0.2, 0) is 29.7 Å². The molecule has 1 saturated heterocycles. The molecule has 0 saturated carbocycles. The zero-order chi connectivity index (χ0) is 18.5. The fraction of sp³-hybridized carbons (Fsp3) is 0.647. The number of nitrogens with zero attached hydrogens (tertiary/aromatic N) is 5. The van der Waals surface area contributed by atoms with Crippen molar-refractivity contribution < 1.29 is 8.42 Å². The third-order valence-corrected chi connectivity index (χ3v) is 7.73. The van der Waals surface area contributed by atoms with Crippen LogP contribution in [0.2, 0.25) is 0 Å². The summed E-state index contributed by atoms with van der Waals surface area (Å²) in [6.07, 6.45) is 3.50. The van der Waals surface area contributed by atoms with Gasteiger partial charge in [0.15, 0.2) is 0 Å². The Morgan fingerprint density at radius 2 is 1.96 bits per heavy atom. The fourth-order valence-corrected chi connectivity index (χ4v) is 6.06. The second-order valence-electron chi connectivity index (χ2n) is 7.12. The van der Waals surface area contributed by atoms with E-state index in [0.29, 0.717) is 30.2 Å². The highest BCUT2D eigenvalue weighted by Gasteiger charge is 2.35. The third kappa shape index (κ3) is 2.69. The molecular formula is C17H26N6O2S. The van der Waals surface area contributed by atoms with E-state index in [1.54, 1.807) is 15.9 Å². The van der Waals surface area contributed by atoms with Gasteiger partial charge in [0.25, 0.3) is 0 Å². The summed E-state index contributed by atoms with van der Waals surface area (Å²) in [4.78, 5) is 0.377. The van der Waals surface area contributed by atoms with Gasteiger partial charge in [0.1, 0.15) is 4.90 Å². The number of piperidine rings is 1. The minimum Gasteiger partial charge on any atom is -0.307 e. The molecule has 0 unspecified atom stereocenters. The first kappa shape index (κ1) is 17.7. The highest BCUT2D eigenvalue weighted by Crippen LogP contribution is 2.31. The standard InChI is InChI=1S/C17H26N6O2S/c1-4-22-13(3)17(12(2)20-22)26(24,25)21-7-5-15(6-8-21)23-16-11-18-9-14(16)10-19-23/h10,15,18H,4-9,11H2,1-3H3.